The van der Waals surface area contributed by atoms with Crippen LogP contribution >= 0.6 is 0 Å². The number of amides is 2. The summed E-state index contributed by atoms with van der Waals surface area (Å²) in [4.78, 5) is 36.9. The predicted octanol–water partition coefficient (Wildman–Crippen LogP) is 2.55. The first-order valence-electron chi connectivity index (χ1n) is 9.99. The van der Waals surface area contributed by atoms with Crippen molar-refractivity contribution in [2.45, 2.75) is 40.2 Å². The van der Waals surface area contributed by atoms with Crippen LogP contribution in [0.3, 0.4) is 0 Å². The van der Waals surface area contributed by atoms with Gasteiger partial charge in [0.05, 0.1) is 42.7 Å². The topological polar surface area (TPSA) is 112 Å². The Bertz CT molecular complexity index is 820. The van der Waals surface area contributed by atoms with Crippen LogP contribution in [0.15, 0.2) is 29.5 Å². The lowest BCUT2D eigenvalue weighted by molar-refractivity contribution is -0.139. The summed E-state index contributed by atoms with van der Waals surface area (Å²) in [7, 11) is 0. The van der Waals surface area contributed by atoms with Gasteiger partial charge >= 0.3 is 18.0 Å². The largest absolute Gasteiger partial charge is 0.490 e. The number of hydrogen-bond acceptors (Lipinski definition) is 7. The average molecular weight is 420 g/mol. The zero-order chi connectivity index (χ0) is 22.1. The van der Waals surface area contributed by atoms with Crippen LogP contribution < -0.4 is 20.1 Å². The third-order valence-electron chi connectivity index (χ3n) is 4.27. The highest BCUT2D eigenvalue weighted by molar-refractivity contribution is 5.95. The maximum Gasteiger partial charge on any atom is 0.338 e. The molecule has 9 heteroatoms. The van der Waals surface area contributed by atoms with Crippen molar-refractivity contribution in [2.75, 3.05) is 26.4 Å². The number of esters is 2. The Kier molecular flexibility index (Phi) is 8.52. The molecule has 2 N–H and O–H groups in total. The minimum Gasteiger partial charge on any atom is -0.490 e. The average Bonchev–Trinajstić information content (AvgIpc) is 2.73. The molecular formula is C21H28N2O7. The monoisotopic (exact) mass is 420 g/mol. The molecule has 0 bridgehead atoms. The molecule has 1 aromatic carbocycles. The van der Waals surface area contributed by atoms with Crippen LogP contribution in [0, 0.1) is 0 Å². The second kappa shape index (κ2) is 11.1. The molecule has 1 aliphatic rings. The Morgan fingerprint density at radius 2 is 1.63 bits per heavy atom. The van der Waals surface area contributed by atoms with Crippen molar-refractivity contribution in [1.82, 2.24) is 10.6 Å². The highest BCUT2D eigenvalue weighted by atomic mass is 16.5. The van der Waals surface area contributed by atoms with Gasteiger partial charge in [0.2, 0.25) is 0 Å². The predicted molar refractivity (Wildman–Crippen MR) is 108 cm³/mol. The van der Waals surface area contributed by atoms with Crippen LogP contribution in [0.1, 0.15) is 44.5 Å². The number of carbonyl (C=O) groups is 3. The van der Waals surface area contributed by atoms with Gasteiger partial charge in [0.15, 0.2) is 11.5 Å². The fourth-order valence-corrected chi connectivity index (χ4v) is 2.97. The van der Waals surface area contributed by atoms with Gasteiger partial charge in [-0.1, -0.05) is 6.92 Å². The van der Waals surface area contributed by atoms with E-state index < -0.39 is 24.0 Å². The number of hydrogen-bond donors (Lipinski definition) is 2. The third-order valence-corrected chi connectivity index (χ3v) is 4.27. The van der Waals surface area contributed by atoms with Gasteiger partial charge in [-0.15, -0.1) is 0 Å². The van der Waals surface area contributed by atoms with E-state index in [-0.39, 0.29) is 30.0 Å². The Labute approximate surface area is 175 Å². The molecule has 0 saturated carbocycles. The van der Waals surface area contributed by atoms with Crippen LogP contribution in [-0.2, 0) is 14.3 Å². The molecule has 9 nitrogen and oxygen atoms in total. The number of rotatable bonds is 10. The molecule has 0 spiro atoms. The van der Waals surface area contributed by atoms with Crippen LogP contribution in [0.2, 0.25) is 0 Å². The van der Waals surface area contributed by atoms with E-state index in [1.807, 2.05) is 20.8 Å². The summed E-state index contributed by atoms with van der Waals surface area (Å²) in [6.45, 7) is 7.97. The SMILES string of the molecule is CCOC(=O)C1=C(COC(=O)c2ccc(OCC)c(OCC)c2)NC(=O)N[C@H]1CC. The van der Waals surface area contributed by atoms with E-state index >= 15 is 0 Å². The summed E-state index contributed by atoms with van der Waals surface area (Å²) in [5.41, 5.74) is 0.703. The molecule has 1 heterocycles. The maximum atomic E-state index is 12.6. The smallest absolute Gasteiger partial charge is 0.338 e. The number of nitrogens with one attached hydrogen (secondary N) is 2. The standard InChI is InChI=1S/C21H28N2O7/c1-5-14-18(20(25)29-8-4)15(23-21(26)22-14)12-30-19(24)13-9-10-16(27-6-2)17(11-13)28-7-3/h9-11,14H,5-8,12H2,1-4H3,(H2,22,23,26)/t14-/m0/s1. The molecule has 1 aromatic rings. The van der Waals surface area contributed by atoms with Crippen molar-refractivity contribution in [1.29, 1.82) is 0 Å². The van der Waals surface area contributed by atoms with Crippen LogP contribution in [0.25, 0.3) is 0 Å². The minimum absolute atomic E-state index is 0.187. The molecule has 1 atom stereocenters. The fraction of sp³-hybridized carbons (Fsp3) is 0.476. The molecule has 0 aromatic heterocycles. The second-order valence-electron chi connectivity index (χ2n) is 6.28. The minimum atomic E-state index is -0.629. The first kappa shape index (κ1) is 23.1. The van der Waals surface area contributed by atoms with Crippen molar-refractivity contribution >= 4 is 18.0 Å². The summed E-state index contributed by atoms with van der Waals surface area (Å²) >= 11 is 0. The molecule has 2 rings (SSSR count). The normalized spacial score (nSPS) is 15.7. The van der Waals surface area contributed by atoms with Crippen LogP contribution in [0.5, 0.6) is 11.5 Å². The summed E-state index contributed by atoms with van der Waals surface area (Å²) in [5.74, 6) is -0.237. The van der Waals surface area contributed by atoms with Gasteiger partial charge in [-0.3, -0.25) is 0 Å². The van der Waals surface area contributed by atoms with E-state index in [9.17, 15) is 14.4 Å². The van der Waals surface area contributed by atoms with E-state index in [4.69, 9.17) is 18.9 Å². The maximum absolute atomic E-state index is 12.6. The number of benzene rings is 1. The fourth-order valence-electron chi connectivity index (χ4n) is 2.97. The van der Waals surface area contributed by atoms with Gasteiger partial charge in [-0.25, -0.2) is 14.4 Å². The van der Waals surface area contributed by atoms with Crippen molar-refractivity contribution in [3.05, 3.63) is 35.0 Å². The second-order valence-corrected chi connectivity index (χ2v) is 6.28. The van der Waals surface area contributed by atoms with E-state index in [0.29, 0.717) is 31.1 Å². The molecule has 1 aliphatic heterocycles. The lowest BCUT2D eigenvalue weighted by Crippen LogP contribution is -2.51. The molecule has 0 saturated heterocycles. The molecule has 164 valence electrons. The van der Waals surface area contributed by atoms with Gasteiger partial charge < -0.3 is 29.6 Å². The van der Waals surface area contributed by atoms with Gasteiger partial charge in [-0.2, -0.15) is 0 Å². The summed E-state index contributed by atoms with van der Waals surface area (Å²) in [6, 6.07) is 3.73. The van der Waals surface area contributed by atoms with E-state index in [1.54, 1.807) is 19.1 Å². The lowest BCUT2D eigenvalue weighted by atomic mass is 10.0. The highest BCUT2D eigenvalue weighted by Gasteiger charge is 2.32. The van der Waals surface area contributed by atoms with Gasteiger partial charge in [0.25, 0.3) is 0 Å². The van der Waals surface area contributed by atoms with E-state index in [1.165, 1.54) is 6.07 Å². The highest BCUT2D eigenvalue weighted by Crippen LogP contribution is 2.29. The quantitative estimate of drug-likeness (QED) is 0.560. The molecule has 0 aliphatic carbocycles. The Hall–Kier alpha value is -3.23. The number of ether oxygens (including phenoxy) is 4. The summed E-state index contributed by atoms with van der Waals surface area (Å²) in [5, 5.41) is 5.21. The van der Waals surface area contributed by atoms with Crippen molar-refractivity contribution in [2.24, 2.45) is 0 Å². The van der Waals surface area contributed by atoms with Crippen molar-refractivity contribution in [3.8, 4) is 11.5 Å². The van der Waals surface area contributed by atoms with E-state index in [0.717, 1.165) is 0 Å². The first-order valence-corrected chi connectivity index (χ1v) is 9.99. The molecule has 0 radical (unpaired) electrons. The molecule has 0 fully saturated rings. The molecule has 0 unspecified atom stereocenters. The third kappa shape index (κ3) is 5.65. The van der Waals surface area contributed by atoms with Crippen LogP contribution in [0.4, 0.5) is 4.79 Å². The van der Waals surface area contributed by atoms with Gasteiger partial charge in [0, 0.05) is 0 Å². The molecule has 2 amide bonds. The van der Waals surface area contributed by atoms with Crippen LogP contribution in [-0.4, -0.2) is 50.4 Å². The Balaban J connectivity index is 2.22. The Morgan fingerprint density at radius 3 is 2.27 bits per heavy atom. The van der Waals surface area contributed by atoms with E-state index in [2.05, 4.69) is 10.6 Å². The van der Waals surface area contributed by atoms with Gasteiger partial charge in [-0.05, 0) is 45.4 Å². The first-order chi connectivity index (χ1) is 14.4. The number of carbonyl (C=O) groups excluding carboxylic acids is 3. The summed E-state index contributed by atoms with van der Waals surface area (Å²) in [6.07, 6.45) is 0.482. The van der Waals surface area contributed by atoms with Crippen molar-refractivity contribution < 1.29 is 33.3 Å². The number of urea groups is 1. The summed E-state index contributed by atoms with van der Waals surface area (Å²) < 4.78 is 21.5. The zero-order valence-corrected chi connectivity index (χ0v) is 17.7. The zero-order valence-electron chi connectivity index (χ0n) is 17.7. The van der Waals surface area contributed by atoms with Crippen molar-refractivity contribution in [3.63, 3.8) is 0 Å². The lowest BCUT2D eigenvalue weighted by Gasteiger charge is -2.28. The molecule has 30 heavy (non-hydrogen) atoms. The Morgan fingerprint density at radius 1 is 0.933 bits per heavy atom. The van der Waals surface area contributed by atoms with Gasteiger partial charge in [0.1, 0.15) is 6.61 Å². The molecular weight excluding hydrogens is 392 g/mol.